The van der Waals surface area contributed by atoms with E-state index in [1.165, 1.54) is 50.3 Å². The third-order valence-electron chi connectivity index (χ3n) is 6.06. The highest BCUT2D eigenvalue weighted by Gasteiger charge is 2.36. The van der Waals surface area contributed by atoms with Crippen molar-refractivity contribution in [3.05, 3.63) is 82.4 Å². The number of hydrogen-bond acceptors (Lipinski definition) is 1. The minimum atomic E-state index is 0.0334. The van der Waals surface area contributed by atoms with Crippen LogP contribution in [0, 0.1) is 20.8 Å². The molecule has 0 heterocycles. The average Bonchev–Trinajstić information content (AvgIpc) is 2.82. The molecule has 0 radical (unpaired) electrons. The van der Waals surface area contributed by atoms with Crippen LogP contribution < -0.4 is 4.90 Å². The van der Waals surface area contributed by atoms with Gasteiger partial charge in [-0.25, -0.2) is 0 Å². The molecule has 0 bridgehead atoms. The first-order chi connectivity index (χ1) is 12.3. The van der Waals surface area contributed by atoms with Crippen molar-refractivity contribution in [1.82, 2.24) is 0 Å². The van der Waals surface area contributed by atoms with Gasteiger partial charge in [0.1, 0.15) is 0 Å². The van der Waals surface area contributed by atoms with Crippen molar-refractivity contribution in [2.24, 2.45) is 0 Å². The van der Waals surface area contributed by atoms with Crippen molar-refractivity contribution in [1.29, 1.82) is 0 Å². The zero-order chi connectivity index (χ0) is 18.6. The highest BCUT2D eigenvalue weighted by Crippen LogP contribution is 2.51. The molecule has 1 aliphatic rings. The summed E-state index contributed by atoms with van der Waals surface area (Å²) >= 11 is 0. The monoisotopic (exact) mass is 341 g/mol. The van der Waals surface area contributed by atoms with Crippen LogP contribution in [0.25, 0.3) is 11.1 Å². The Labute approximate surface area is 157 Å². The summed E-state index contributed by atoms with van der Waals surface area (Å²) in [4.78, 5) is 2.33. The summed E-state index contributed by atoms with van der Waals surface area (Å²) in [5.74, 6) is 0. The molecule has 0 amide bonds. The van der Waals surface area contributed by atoms with Crippen LogP contribution in [0.4, 0.5) is 11.4 Å². The number of hydrogen-bond donors (Lipinski definition) is 0. The second kappa shape index (κ2) is 5.74. The number of anilines is 2. The van der Waals surface area contributed by atoms with E-state index >= 15 is 0 Å². The normalized spacial score (nSPS) is 14.1. The second-order valence-corrected chi connectivity index (χ2v) is 8.15. The summed E-state index contributed by atoms with van der Waals surface area (Å²) < 4.78 is 0. The largest absolute Gasteiger partial charge is 0.344 e. The lowest BCUT2D eigenvalue weighted by atomic mass is 9.82. The Kier molecular flexibility index (Phi) is 3.73. The molecule has 3 aromatic rings. The molecule has 132 valence electrons. The first kappa shape index (κ1) is 16.9. The summed E-state index contributed by atoms with van der Waals surface area (Å²) in [5, 5.41) is 0. The van der Waals surface area contributed by atoms with Crippen LogP contribution in [0.15, 0.2) is 54.6 Å². The molecule has 0 fully saturated rings. The van der Waals surface area contributed by atoms with Gasteiger partial charge in [0.15, 0.2) is 0 Å². The molecule has 3 aromatic carbocycles. The van der Waals surface area contributed by atoms with Gasteiger partial charge in [-0.15, -0.1) is 0 Å². The van der Waals surface area contributed by atoms with Crippen LogP contribution in [-0.4, -0.2) is 7.05 Å². The van der Waals surface area contributed by atoms with E-state index < -0.39 is 0 Å². The van der Waals surface area contributed by atoms with E-state index in [4.69, 9.17) is 0 Å². The quantitative estimate of drug-likeness (QED) is 0.502. The van der Waals surface area contributed by atoms with Crippen LogP contribution >= 0.6 is 0 Å². The van der Waals surface area contributed by atoms with E-state index in [0.29, 0.717) is 0 Å². The second-order valence-electron chi connectivity index (χ2n) is 8.15. The molecule has 0 aliphatic heterocycles. The maximum absolute atomic E-state index is 2.41. The van der Waals surface area contributed by atoms with Gasteiger partial charge in [0.05, 0.1) is 0 Å². The van der Waals surface area contributed by atoms with Crippen molar-refractivity contribution in [2.75, 3.05) is 11.9 Å². The molecule has 0 aromatic heterocycles. The van der Waals surface area contributed by atoms with Crippen LogP contribution in [0.1, 0.15) is 41.7 Å². The van der Waals surface area contributed by atoms with Crippen molar-refractivity contribution in [3.8, 4) is 11.1 Å². The Morgan fingerprint density at radius 3 is 2.12 bits per heavy atom. The summed E-state index contributed by atoms with van der Waals surface area (Å²) in [5.41, 5.74) is 12.3. The topological polar surface area (TPSA) is 3.24 Å². The number of rotatable bonds is 2. The number of fused-ring (bicyclic) bond motifs is 3. The first-order valence-corrected chi connectivity index (χ1v) is 9.37. The fourth-order valence-electron chi connectivity index (χ4n) is 4.54. The zero-order valence-electron chi connectivity index (χ0n) is 16.6. The first-order valence-electron chi connectivity index (χ1n) is 9.37. The zero-order valence-corrected chi connectivity index (χ0v) is 16.6. The molecule has 1 aliphatic carbocycles. The Balaban J connectivity index is 1.92. The van der Waals surface area contributed by atoms with Crippen molar-refractivity contribution >= 4 is 11.4 Å². The highest BCUT2D eigenvalue weighted by molar-refractivity contribution is 5.86. The van der Waals surface area contributed by atoms with Gasteiger partial charge in [-0.3, -0.25) is 0 Å². The lowest BCUT2D eigenvalue weighted by Crippen LogP contribution is -2.17. The minimum absolute atomic E-state index is 0.0334. The predicted molar refractivity (Wildman–Crippen MR) is 113 cm³/mol. The third-order valence-corrected chi connectivity index (χ3v) is 6.06. The van der Waals surface area contributed by atoms with E-state index in [-0.39, 0.29) is 5.41 Å². The lowest BCUT2D eigenvalue weighted by Gasteiger charge is -2.27. The Morgan fingerprint density at radius 2 is 1.38 bits per heavy atom. The summed E-state index contributed by atoms with van der Waals surface area (Å²) in [7, 11) is 2.18. The lowest BCUT2D eigenvalue weighted by molar-refractivity contribution is 0.660. The molecule has 0 unspecified atom stereocenters. The van der Waals surface area contributed by atoms with E-state index in [1.807, 2.05) is 0 Å². The van der Waals surface area contributed by atoms with Crippen LogP contribution in [-0.2, 0) is 5.41 Å². The van der Waals surface area contributed by atoms with Gasteiger partial charge in [-0.05, 0) is 77.9 Å². The van der Waals surface area contributed by atoms with Gasteiger partial charge >= 0.3 is 0 Å². The Morgan fingerprint density at radius 1 is 0.692 bits per heavy atom. The maximum Gasteiger partial charge on any atom is 0.0441 e. The molecule has 26 heavy (non-hydrogen) atoms. The van der Waals surface area contributed by atoms with Crippen molar-refractivity contribution in [3.63, 3.8) is 0 Å². The molecule has 0 spiro atoms. The van der Waals surface area contributed by atoms with Gasteiger partial charge < -0.3 is 4.90 Å². The van der Waals surface area contributed by atoms with Crippen LogP contribution in [0.5, 0.6) is 0 Å². The molecule has 1 heteroatoms. The number of aryl methyl sites for hydroxylation is 3. The molecule has 0 saturated carbocycles. The predicted octanol–water partition coefficient (Wildman–Crippen LogP) is 6.69. The highest BCUT2D eigenvalue weighted by atomic mass is 15.1. The summed E-state index contributed by atoms with van der Waals surface area (Å²) in [6, 6.07) is 20.1. The van der Waals surface area contributed by atoms with Gasteiger partial charge in [0, 0.05) is 23.8 Å². The minimum Gasteiger partial charge on any atom is -0.344 e. The SMILES string of the molecule is Cc1ccccc1N(C)c1cc2c(cc1C)-c1c(C)cccc1C2(C)C. The van der Waals surface area contributed by atoms with Gasteiger partial charge in [0.2, 0.25) is 0 Å². The molecular formula is C25H27N. The van der Waals surface area contributed by atoms with Crippen molar-refractivity contribution in [2.45, 2.75) is 40.0 Å². The van der Waals surface area contributed by atoms with Gasteiger partial charge in [-0.1, -0.05) is 50.2 Å². The maximum atomic E-state index is 2.41. The molecule has 1 nitrogen and oxygen atoms in total. The number of benzene rings is 3. The number of nitrogens with zero attached hydrogens (tertiary/aromatic N) is 1. The third kappa shape index (κ3) is 2.30. The molecular weight excluding hydrogens is 314 g/mol. The molecule has 4 rings (SSSR count). The van der Waals surface area contributed by atoms with E-state index in [0.717, 1.165) is 0 Å². The number of para-hydroxylation sites is 1. The van der Waals surface area contributed by atoms with E-state index in [1.54, 1.807) is 0 Å². The summed E-state index contributed by atoms with van der Waals surface area (Å²) in [6.45, 7) is 11.3. The molecule has 0 atom stereocenters. The average molecular weight is 341 g/mol. The smallest absolute Gasteiger partial charge is 0.0441 e. The summed E-state index contributed by atoms with van der Waals surface area (Å²) in [6.07, 6.45) is 0. The fraction of sp³-hybridized carbons (Fsp3) is 0.280. The van der Waals surface area contributed by atoms with Crippen LogP contribution in [0.3, 0.4) is 0 Å². The van der Waals surface area contributed by atoms with E-state index in [9.17, 15) is 0 Å². The van der Waals surface area contributed by atoms with Crippen LogP contribution in [0.2, 0.25) is 0 Å². The molecule has 0 saturated heterocycles. The van der Waals surface area contributed by atoms with Gasteiger partial charge in [0.25, 0.3) is 0 Å². The Hall–Kier alpha value is -2.54. The fourth-order valence-corrected chi connectivity index (χ4v) is 4.54. The Bertz CT molecular complexity index is 1010. The van der Waals surface area contributed by atoms with Crippen molar-refractivity contribution < 1.29 is 0 Å². The standard InChI is InChI=1S/C25H27N/c1-16-10-7-8-13-22(16)26(6)23-15-21-19(14-18(23)3)24-17(2)11-9-12-20(24)25(21,4)5/h7-15H,1-6H3. The molecule has 0 N–H and O–H groups in total. The van der Waals surface area contributed by atoms with E-state index in [2.05, 4.69) is 101 Å². The van der Waals surface area contributed by atoms with Gasteiger partial charge in [-0.2, -0.15) is 0 Å².